The number of rotatable bonds is 4. The van der Waals surface area contributed by atoms with Gasteiger partial charge in [0.15, 0.2) is 0 Å². The van der Waals surface area contributed by atoms with Gasteiger partial charge in [-0.05, 0) is 18.1 Å². The number of ether oxygens (including phenoxy) is 1. The monoisotopic (exact) mass is 231 g/mol. The van der Waals surface area contributed by atoms with Crippen LogP contribution in [0.15, 0.2) is 30.5 Å². The molecule has 2 N–H and O–H groups in total. The zero-order valence-corrected chi connectivity index (χ0v) is 10.2. The molecule has 0 atom stereocenters. The fourth-order valence-electron chi connectivity index (χ4n) is 1.86. The molecule has 0 bridgehead atoms. The standard InChI is InChI=1S/C13H17N3O/c1-10-7-15-13(14)16(10)8-11-5-3-4-6-12(11)9-17-2/h3-7H,8-9H2,1-2H3,(H2,14,15). The zero-order chi connectivity index (χ0) is 12.3. The zero-order valence-electron chi connectivity index (χ0n) is 10.2. The summed E-state index contributed by atoms with van der Waals surface area (Å²) in [7, 11) is 1.70. The molecular formula is C13H17N3O. The topological polar surface area (TPSA) is 53.1 Å². The largest absolute Gasteiger partial charge is 0.380 e. The number of nitrogens with two attached hydrogens (primary N) is 1. The molecule has 0 saturated carbocycles. The van der Waals surface area contributed by atoms with Gasteiger partial charge in [-0.1, -0.05) is 24.3 Å². The Morgan fingerprint density at radius 1 is 1.29 bits per heavy atom. The highest BCUT2D eigenvalue weighted by atomic mass is 16.5. The molecule has 0 amide bonds. The smallest absolute Gasteiger partial charge is 0.200 e. The van der Waals surface area contributed by atoms with Crippen LogP contribution in [0.1, 0.15) is 16.8 Å². The molecule has 0 aliphatic rings. The number of imidazole rings is 1. The van der Waals surface area contributed by atoms with Crippen molar-refractivity contribution in [3.8, 4) is 0 Å². The average molecular weight is 231 g/mol. The van der Waals surface area contributed by atoms with Crippen molar-refractivity contribution in [2.45, 2.75) is 20.1 Å². The minimum Gasteiger partial charge on any atom is -0.380 e. The van der Waals surface area contributed by atoms with Gasteiger partial charge in [-0.25, -0.2) is 4.98 Å². The lowest BCUT2D eigenvalue weighted by Gasteiger charge is -2.11. The highest BCUT2D eigenvalue weighted by molar-refractivity contribution is 5.30. The second-order valence-corrected chi connectivity index (χ2v) is 4.05. The fourth-order valence-corrected chi connectivity index (χ4v) is 1.86. The van der Waals surface area contributed by atoms with E-state index in [4.69, 9.17) is 10.5 Å². The van der Waals surface area contributed by atoms with Gasteiger partial charge in [-0.3, -0.25) is 0 Å². The maximum atomic E-state index is 5.83. The van der Waals surface area contributed by atoms with E-state index in [1.165, 1.54) is 11.1 Å². The Bertz CT molecular complexity index is 486. The van der Waals surface area contributed by atoms with Gasteiger partial charge in [0.05, 0.1) is 19.3 Å². The molecule has 1 aromatic heterocycles. The normalized spacial score (nSPS) is 10.7. The third-order valence-corrected chi connectivity index (χ3v) is 2.83. The molecule has 1 aromatic carbocycles. The first-order chi connectivity index (χ1) is 8.22. The first-order valence-electron chi connectivity index (χ1n) is 5.55. The third kappa shape index (κ3) is 2.47. The average Bonchev–Trinajstić information content (AvgIpc) is 2.64. The fraction of sp³-hybridized carbons (Fsp3) is 0.308. The highest BCUT2D eigenvalue weighted by Gasteiger charge is 2.07. The van der Waals surface area contributed by atoms with E-state index < -0.39 is 0 Å². The summed E-state index contributed by atoms with van der Waals surface area (Å²) in [5.74, 6) is 0.551. The van der Waals surface area contributed by atoms with Crippen LogP contribution in [0.4, 0.5) is 5.95 Å². The summed E-state index contributed by atoms with van der Waals surface area (Å²) in [6, 6.07) is 8.20. The summed E-state index contributed by atoms with van der Waals surface area (Å²) in [5, 5.41) is 0. The molecule has 0 radical (unpaired) electrons. The van der Waals surface area contributed by atoms with E-state index in [-0.39, 0.29) is 0 Å². The molecule has 1 heterocycles. The summed E-state index contributed by atoms with van der Waals surface area (Å²) in [5.41, 5.74) is 9.29. The van der Waals surface area contributed by atoms with Crippen LogP contribution in [0.5, 0.6) is 0 Å². The molecule has 0 unspecified atom stereocenters. The van der Waals surface area contributed by atoms with E-state index in [2.05, 4.69) is 17.1 Å². The molecule has 90 valence electrons. The number of aryl methyl sites for hydroxylation is 1. The Kier molecular flexibility index (Phi) is 3.44. The lowest BCUT2D eigenvalue weighted by atomic mass is 10.1. The van der Waals surface area contributed by atoms with Crippen LogP contribution < -0.4 is 5.73 Å². The summed E-state index contributed by atoms with van der Waals surface area (Å²) >= 11 is 0. The van der Waals surface area contributed by atoms with Gasteiger partial charge in [-0.2, -0.15) is 0 Å². The van der Waals surface area contributed by atoms with Gasteiger partial charge in [0.2, 0.25) is 5.95 Å². The predicted molar refractivity (Wildman–Crippen MR) is 67.6 cm³/mol. The molecule has 17 heavy (non-hydrogen) atoms. The Morgan fingerprint density at radius 2 is 2.00 bits per heavy atom. The predicted octanol–water partition coefficient (Wildman–Crippen LogP) is 1.97. The van der Waals surface area contributed by atoms with Crippen LogP contribution in [0.25, 0.3) is 0 Å². The minimum absolute atomic E-state index is 0.551. The second kappa shape index (κ2) is 5.01. The van der Waals surface area contributed by atoms with Gasteiger partial charge in [0, 0.05) is 12.8 Å². The number of methoxy groups -OCH3 is 1. The maximum Gasteiger partial charge on any atom is 0.200 e. The second-order valence-electron chi connectivity index (χ2n) is 4.05. The molecular weight excluding hydrogens is 214 g/mol. The van der Waals surface area contributed by atoms with Crippen molar-refractivity contribution in [3.05, 3.63) is 47.3 Å². The van der Waals surface area contributed by atoms with Crippen LogP contribution in [0, 0.1) is 6.92 Å². The third-order valence-electron chi connectivity index (χ3n) is 2.83. The van der Waals surface area contributed by atoms with Gasteiger partial charge in [0.1, 0.15) is 0 Å². The first-order valence-corrected chi connectivity index (χ1v) is 5.55. The molecule has 4 nitrogen and oxygen atoms in total. The van der Waals surface area contributed by atoms with E-state index in [9.17, 15) is 0 Å². The van der Waals surface area contributed by atoms with E-state index in [0.29, 0.717) is 12.6 Å². The van der Waals surface area contributed by atoms with Crippen molar-refractivity contribution in [1.82, 2.24) is 9.55 Å². The molecule has 0 aliphatic heterocycles. The summed E-state index contributed by atoms with van der Waals surface area (Å²) in [6.07, 6.45) is 1.79. The maximum absolute atomic E-state index is 5.83. The molecule has 0 aliphatic carbocycles. The Morgan fingerprint density at radius 3 is 2.59 bits per heavy atom. The molecule has 0 fully saturated rings. The van der Waals surface area contributed by atoms with Crippen molar-refractivity contribution < 1.29 is 4.74 Å². The van der Waals surface area contributed by atoms with Crippen molar-refractivity contribution in [2.75, 3.05) is 12.8 Å². The molecule has 4 heteroatoms. The number of anilines is 1. The Labute approximate surface area is 101 Å². The number of aromatic nitrogens is 2. The summed E-state index contributed by atoms with van der Waals surface area (Å²) < 4.78 is 7.19. The van der Waals surface area contributed by atoms with Gasteiger partial charge in [-0.15, -0.1) is 0 Å². The van der Waals surface area contributed by atoms with Crippen molar-refractivity contribution >= 4 is 5.95 Å². The number of hydrogen-bond donors (Lipinski definition) is 1. The Balaban J connectivity index is 2.30. The summed E-state index contributed by atoms with van der Waals surface area (Å²) in [4.78, 5) is 4.10. The number of hydrogen-bond acceptors (Lipinski definition) is 3. The van der Waals surface area contributed by atoms with Crippen molar-refractivity contribution in [1.29, 1.82) is 0 Å². The van der Waals surface area contributed by atoms with Crippen LogP contribution in [-0.4, -0.2) is 16.7 Å². The lowest BCUT2D eigenvalue weighted by Crippen LogP contribution is -2.08. The SMILES string of the molecule is COCc1ccccc1Cn1c(C)cnc1N. The van der Waals surface area contributed by atoms with E-state index in [1.807, 2.05) is 23.6 Å². The van der Waals surface area contributed by atoms with Crippen molar-refractivity contribution in [3.63, 3.8) is 0 Å². The molecule has 2 aromatic rings. The van der Waals surface area contributed by atoms with E-state index >= 15 is 0 Å². The molecule has 0 saturated heterocycles. The first kappa shape index (κ1) is 11.7. The van der Waals surface area contributed by atoms with E-state index in [0.717, 1.165) is 12.2 Å². The van der Waals surface area contributed by atoms with Crippen LogP contribution in [0.2, 0.25) is 0 Å². The van der Waals surface area contributed by atoms with Gasteiger partial charge < -0.3 is 15.0 Å². The van der Waals surface area contributed by atoms with Gasteiger partial charge in [0.25, 0.3) is 0 Å². The molecule has 0 spiro atoms. The van der Waals surface area contributed by atoms with E-state index in [1.54, 1.807) is 13.3 Å². The van der Waals surface area contributed by atoms with Crippen LogP contribution in [0.3, 0.4) is 0 Å². The lowest BCUT2D eigenvalue weighted by molar-refractivity contribution is 0.184. The summed E-state index contributed by atoms with van der Waals surface area (Å²) in [6.45, 7) is 3.35. The number of nitrogen functional groups attached to an aromatic ring is 1. The van der Waals surface area contributed by atoms with Crippen LogP contribution >= 0.6 is 0 Å². The van der Waals surface area contributed by atoms with Crippen molar-refractivity contribution in [2.24, 2.45) is 0 Å². The Hall–Kier alpha value is -1.81. The number of benzene rings is 1. The van der Waals surface area contributed by atoms with Crippen LogP contribution in [-0.2, 0) is 17.9 Å². The minimum atomic E-state index is 0.551. The molecule has 2 rings (SSSR count). The highest BCUT2D eigenvalue weighted by Crippen LogP contribution is 2.15. The number of nitrogens with zero attached hydrogens (tertiary/aromatic N) is 2. The quantitative estimate of drug-likeness (QED) is 0.875. The van der Waals surface area contributed by atoms with Gasteiger partial charge >= 0.3 is 0 Å².